The Morgan fingerprint density at radius 3 is 1.30 bits per heavy atom. The minimum absolute atomic E-state index is 0.00710. The van der Waals surface area contributed by atoms with E-state index in [2.05, 4.69) is 9.97 Å². The third kappa shape index (κ3) is 4.48. The van der Waals surface area contributed by atoms with Crippen molar-refractivity contribution in [2.45, 2.75) is 0 Å². The molecule has 30 heavy (non-hydrogen) atoms. The Morgan fingerprint density at radius 2 is 0.967 bits per heavy atom. The van der Waals surface area contributed by atoms with Crippen LogP contribution in [0.5, 0.6) is 23.3 Å². The molecule has 156 valence electrons. The molecule has 2 aromatic carbocycles. The van der Waals surface area contributed by atoms with E-state index in [1.54, 1.807) is 50.6 Å². The summed E-state index contributed by atoms with van der Waals surface area (Å²) in [4.78, 5) is 8.03. The topological polar surface area (TPSA) is 62.7 Å². The van der Waals surface area contributed by atoms with E-state index in [0.717, 1.165) is 0 Å². The number of fused-ring (bicyclic) bond motifs is 2. The van der Waals surface area contributed by atoms with Gasteiger partial charge in [0, 0.05) is 10.8 Å². The van der Waals surface area contributed by atoms with Crippen molar-refractivity contribution in [3.63, 3.8) is 0 Å². The molecule has 0 N–H and O–H groups in total. The van der Waals surface area contributed by atoms with Gasteiger partial charge >= 0.3 is 0 Å². The zero-order chi connectivity index (χ0) is 21.7. The van der Waals surface area contributed by atoms with Gasteiger partial charge in [-0.2, -0.15) is 0 Å². The maximum atomic E-state index is 13.3. The van der Waals surface area contributed by atoms with E-state index in [1.165, 1.54) is 26.4 Å². The van der Waals surface area contributed by atoms with Crippen LogP contribution < -0.4 is 18.9 Å². The van der Waals surface area contributed by atoms with Gasteiger partial charge < -0.3 is 18.9 Å². The van der Waals surface area contributed by atoms with E-state index in [1.807, 2.05) is 0 Å². The zero-order valence-corrected chi connectivity index (χ0v) is 16.9. The molecule has 0 radical (unpaired) electrons. The number of hydrogen-bond acceptors (Lipinski definition) is 6. The van der Waals surface area contributed by atoms with Gasteiger partial charge in [0.25, 0.3) is 11.8 Å². The van der Waals surface area contributed by atoms with Crippen molar-refractivity contribution in [2.24, 2.45) is 0 Å². The Hall–Kier alpha value is -3.68. The lowest BCUT2D eigenvalue weighted by molar-refractivity contribution is 0.371. The molecule has 0 amide bonds. The number of nitrogens with zero attached hydrogens (tertiary/aromatic N) is 2. The normalized spacial score (nSPS) is 10.3. The second-order valence-corrected chi connectivity index (χ2v) is 6.08. The van der Waals surface area contributed by atoms with Crippen LogP contribution in [0.1, 0.15) is 0 Å². The number of benzene rings is 2. The molecular weight excluding hydrogens is 394 g/mol. The van der Waals surface area contributed by atoms with Crippen LogP contribution in [0.4, 0.5) is 8.78 Å². The van der Waals surface area contributed by atoms with Gasteiger partial charge in [-0.3, -0.25) is 0 Å². The summed E-state index contributed by atoms with van der Waals surface area (Å²) in [6.07, 6.45) is 0. The molecule has 0 bridgehead atoms. The van der Waals surface area contributed by atoms with Crippen LogP contribution in [-0.2, 0) is 0 Å². The molecule has 8 heteroatoms. The minimum Gasteiger partial charge on any atom is -0.497 e. The Balaban J connectivity index is 0.000000171. The number of aromatic nitrogens is 2. The monoisotopic (exact) mass is 414 g/mol. The highest BCUT2D eigenvalue weighted by atomic mass is 19.1. The van der Waals surface area contributed by atoms with E-state index >= 15 is 0 Å². The fraction of sp³-hybridized carbons (Fsp3) is 0.182. The molecule has 0 aliphatic heterocycles. The summed E-state index contributed by atoms with van der Waals surface area (Å²) in [7, 11) is 5.91. The van der Waals surface area contributed by atoms with Gasteiger partial charge in [-0.15, -0.1) is 0 Å². The lowest BCUT2D eigenvalue weighted by atomic mass is 10.2. The number of rotatable bonds is 4. The van der Waals surface area contributed by atoms with Crippen LogP contribution in [0, 0.1) is 11.6 Å². The molecule has 0 saturated carbocycles. The number of hydrogen-bond donors (Lipinski definition) is 0. The van der Waals surface area contributed by atoms with Crippen LogP contribution >= 0.6 is 0 Å². The second kappa shape index (κ2) is 9.21. The van der Waals surface area contributed by atoms with Gasteiger partial charge in [0.15, 0.2) is 11.6 Å². The molecule has 0 aliphatic rings. The number of ether oxygens (including phenoxy) is 4. The molecular formula is C22H20F2N2O4. The summed E-state index contributed by atoms with van der Waals surface area (Å²) in [5.74, 6) is 0.416. The third-order valence-electron chi connectivity index (χ3n) is 4.27. The highest BCUT2D eigenvalue weighted by Crippen LogP contribution is 2.25. The van der Waals surface area contributed by atoms with Crippen molar-refractivity contribution in [1.29, 1.82) is 0 Å². The highest BCUT2D eigenvalue weighted by Gasteiger charge is 2.08. The Labute approximate surface area is 172 Å². The summed E-state index contributed by atoms with van der Waals surface area (Å²) in [5.41, 5.74) is 1.35. The van der Waals surface area contributed by atoms with E-state index in [9.17, 15) is 8.78 Å². The number of pyridine rings is 2. The van der Waals surface area contributed by atoms with Crippen LogP contribution in [0.15, 0.2) is 48.5 Å². The molecule has 0 atom stereocenters. The Kier molecular flexibility index (Phi) is 6.46. The summed E-state index contributed by atoms with van der Waals surface area (Å²) in [5, 5.41) is 1.38. The van der Waals surface area contributed by atoms with Crippen LogP contribution in [0.3, 0.4) is 0 Å². The van der Waals surface area contributed by atoms with Crippen LogP contribution in [-0.4, -0.2) is 38.4 Å². The number of halogens is 2. The van der Waals surface area contributed by atoms with E-state index < -0.39 is 11.6 Å². The van der Waals surface area contributed by atoms with Gasteiger partial charge in [-0.1, -0.05) is 0 Å². The molecule has 6 nitrogen and oxygen atoms in total. The summed E-state index contributed by atoms with van der Waals surface area (Å²) >= 11 is 0. The molecule has 2 heterocycles. The standard InChI is InChI=1S/2C11H10FNO2/c2*1-14-8-3-4-10-7(5-8)6-9(12)11(13-10)15-2/h2*3-6H,1-2H3. The van der Waals surface area contributed by atoms with Crippen molar-refractivity contribution < 1.29 is 27.7 Å². The molecule has 0 aliphatic carbocycles. The molecule has 0 saturated heterocycles. The zero-order valence-electron chi connectivity index (χ0n) is 16.9. The van der Waals surface area contributed by atoms with Gasteiger partial charge in [-0.05, 0) is 48.5 Å². The summed E-state index contributed by atoms with van der Waals surface area (Å²) in [6.45, 7) is 0. The maximum absolute atomic E-state index is 13.3. The van der Waals surface area contributed by atoms with Crippen molar-refractivity contribution in [3.05, 3.63) is 60.2 Å². The van der Waals surface area contributed by atoms with E-state index in [0.29, 0.717) is 33.3 Å². The van der Waals surface area contributed by atoms with Crippen molar-refractivity contribution in [3.8, 4) is 23.3 Å². The highest BCUT2D eigenvalue weighted by molar-refractivity contribution is 5.81. The molecule has 2 aromatic heterocycles. The van der Waals surface area contributed by atoms with Gasteiger partial charge in [-0.25, -0.2) is 18.7 Å². The van der Waals surface area contributed by atoms with E-state index in [-0.39, 0.29) is 11.8 Å². The van der Waals surface area contributed by atoms with Crippen LogP contribution in [0.2, 0.25) is 0 Å². The fourth-order valence-corrected chi connectivity index (χ4v) is 2.76. The first kappa shape index (κ1) is 21.0. The smallest absolute Gasteiger partial charge is 0.250 e. The van der Waals surface area contributed by atoms with Crippen molar-refractivity contribution >= 4 is 21.8 Å². The van der Waals surface area contributed by atoms with E-state index in [4.69, 9.17) is 18.9 Å². The lowest BCUT2D eigenvalue weighted by Crippen LogP contribution is -1.93. The fourth-order valence-electron chi connectivity index (χ4n) is 2.76. The lowest BCUT2D eigenvalue weighted by Gasteiger charge is -2.04. The Morgan fingerprint density at radius 1 is 0.567 bits per heavy atom. The van der Waals surface area contributed by atoms with Crippen molar-refractivity contribution in [1.82, 2.24) is 9.97 Å². The quantitative estimate of drug-likeness (QED) is 0.479. The average Bonchev–Trinajstić information content (AvgIpc) is 2.77. The summed E-state index contributed by atoms with van der Waals surface area (Å²) in [6, 6.07) is 13.3. The molecule has 0 fully saturated rings. The maximum Gasteiger partial charge on any atom is 0.250 e. The van der Waals surface area contributed by atoms with Crippen LogP contribution in [0.25, 0.3) is 21.8 Å². The predicted octanol–water partition coefficient (Wildman–Crippen LogP) is 4.78. The minimum atomic E-state index is -0.474. The largest absolute Gasteiger partial charge is 0.497 e. The van der Waals surface area contributed by atoms with Gasteiger partial charge in [0.05, 0.1) is 39.5 Å². The molecule has 0 unspecified atom stereocenters. The molecule has 0 spiro atoms. The SMILES string of the molecule is COc1ccc2nc(OC)c(F)cc2c1.COc1ccc2nc(OC)c(F)cc2c1. The first-order valence-corrected chi connectivity index (χ1v) is 8.85. The average molecular weight is 414 g/mol. The first-order valence-electron chi connectivity index (χ1n) is 8.85. The predicted molar refractivity (Wildman–Crippen MR) is 110 cm³/mol. The van der Waals surface area contributed by atoms with Crippen molar-refractivity contribution in [2.75, 3.05) is 28.4 Å². The van der Waals surface area contributed by atoms with Gasteiger partial charge in [0.2, 0.25) is 0 Å². The van der Waals surface area contributed by atoms with Gasteiger partial charge in [0.1, 0.15) is 11.5 Å². The first-order chi connectivity index (χ1) is 14.5. The summed E-state index contributed by atoms with van der Waals surface area (Å²) < 4.78 is 46.3. The molecule has 4 aromatic rings. The molecule has 4 rings (SSSR count). The third-order valence-corrected chi connectivity index (χ3v) is 4.27. The number of methoxy groups -OCH3 is 4. The second-order valence-electron chi connectivity index (χ2n) is 6.08. The Bertz CT molecular complexity index is 1090.